The molecule has 0 unspecified atom stereocenters. The molecule has 1 amide bonds. The second-order valence-electron chi connectivity index (χ2n) is 6.20. The molecule has 0 aliphatic carbocycles. The first-order valence-corrected chi connectivity index (χ1v) is 8.77. The standard InChI is InChI=1S/C19H17ClN4O4/c1-12(2)28-18-6-4-14(10-15(18)20)22-19(25)13-3-5-16(17(9-13)24(26)27)23-8-7-21-11-23/h3-12H,1-2H3,(H,22,25). The molecule has 9 heteroatoms. The fraction of sp³-hybridized carbons (Fsp3) is 0.158. The van der Waals surface area contributed by atoms with Gasteiger partial charge in [-0.3, -0.25) is 14.9 Å². The third-order valence-corrected chi connectivity index (χ3v) is 4.06. The first-order chi connectivity index (χ1) is 13.3. The van der Waals surface area contributed by atoms with E-state index in [2.05, 4.69) is 10.3 Å². The largest absolute Gasteiger partial charge is 0.489 e. The SMILES string of the molecule is CC(C)Oc1ccc(NC(=O)c2ccc(-n3ccnc3)c([N+](=O)[O-])c2)cc1Cl. The van der Waals surface area contributed by atoms with E-state index in [1.165, 1.54) is 35.3 Å². The molecule has 0 aliphatic rings. The first-order valence-electron chi connectivity index (χ1n) is 8.39. The van der Waals surface area contributed by atoms with Gasteiger partial charge in [-0.2, -0.15) is 0 Å². The van der Waals surface area contributed by atoms with Gasteiger partial charge in [0.1, 0.15) is 11.4 Å². The Morgan fingerprint density at radius 1 is 1.29 bits per heavy atom. The monoisotopic (exact) mass is 400 g/mol. The van der Waals surface area contributed by atoms with E-state index >= 15 is 0 Å². The van der Waals surface area contributed by atoms with Crippen molar-refractivity contribution < 1.29 is 14.5 Å². The number of ether oxygens (including phenoxy) is 1. The van der Waals surface area contributed by atoms with Crippen LogP contribution < -0.4 is 10.1 Å². The second kappa shape index (κ2) is 8.10. The highest BCUT2D eigenvalue weighted by atomic mass is 35.5. The molecule has 1 aromatic heterocycles. The van der Waals surface area contributed by atoms with Crippen LogP contribution in [0.2, 0.25) is 5.02 Å². The molecule has 1 heterocycles. The predicted octanol–water partition coefficient (Wildman–Crippen LogP) is 4.47. The molecule has 3 rings (SSSR count). The van der Waals surface area contributed by atoms with Gasteiger partial charge in [-0.25, -0.2) is 4.98 Å². The number of imidazole rings is 1. The number of hydrogen-bond acceptors (Lipinski definition) is 5. The summed E-state index contributed by atoms with van der Waals surface area (Å²) in [7, 11) is 0. The number of carbonyl (C=O) groups excluding carboxylic acids is 1. The zero-order valence-corrected chi connectivity index (χ0v) is 15.9. The molecule has 8 nitrogen and oxygen atoms in total. The average Bonchev–Trinajstić information content (AvgIpc) is 3.17. The molecule has 0 spiro atoms. The second-order valence-corrected chi connectivity index (χ2v) is 6.60. The summed E-state index contributed by atoms with van der Waals surface area (Å²) in [5.74, 6) is 0.0175. The van der Waals surface area contributed by atoms with Crippen LogP contribution >= 0.6 is 11.6 Å². The van der Waals surface area contributed by atoms with Gasteiger partial charge in [0.25, 0.3) is 11.6 Å². The van der Waals surface area contributed by atoms with E-state index in [9.17, 15) is 14.9 Å². The fourth-order valence-corrected chi connectivity index (χ4v) is 2.79. The molecule has 28 heavy (non-hydrogen) atoms. The van der Waals surface area contributed by atoms with Crippen LogP contribution in [-0.4, -0.2) is 26.5 Å². The molecule has 0 bridgehead atoms. The Kier molecular flexibility index (Phi) is 5.60. The van der Waals surface area contributed by atoms with E-state index in [1.54, 1.807) is 24.4 Å². The van der Waals surface area contributed by atoms with E-state index < -0.39 is 10.8 Å². The van der Waals surface area contributed by atoms with Crippen LogP contribution in [0.4, 0.5) is 11.4 Å². The number of anilines is 1. The summed E-state index contributed by atoms with van der Waals surface area (Å²) in [6.07, 6.45) is 4.52. The minimum atomic E-state index is -0.541. The Labute approximate surface area is 165 Å². The molecular formula is C19H17ClN4O4. The summed E-state index contributed by atoms with van der Waals surface area (Å²) in [6, 6.07) is 9.10. The molecule has 144 valence electrons. The Morgan fingerprint density at radius 3 is 2.68 bits per heavy atom. The van der Waals surface area contributed by atoms with Gasteiger partial charge in [0, 0.05) is 29.7 Å². The van der Waals surface area contributed by atoms with Crippen molar-refractivity contribution in [1.29, 1.82) is 0 Å². The normalized spacial score (nSPS) is 10.7. The van der Waals surface area contributed by atoms with Crippen molar-refractivity contribution in [2.45, 2.75) is 20.0 Å². The van der Waals surface area contributed by atoms with E-state index in [0.717, 1.165) is 0 Å². The van der Waals surface area contributed by atoms with Crippen LogP contribution in [0, 0.1) is 10.1 Å². The lowest BCUT2D eigenvalue weighted by Gasteiger charge is -2.13. The predicted molar refractivity (Wildman–Crippen MR) is 105 cm³/mol. The average molecular weight is 401 g/mol. The van der Waals surface area contributed by atoms with E-state index in [0.29, 0.717) is 22.1 Å². The molecule has 1 N–H and O–H groups in total. The number of hydrogen-bond donors (Lipinski definition) is 1. The van der Waals surface area contributed by atoms with Crippen molar-refractivity contribution in [3.05, 3.63) is 75.8 Å². The van der Waals surface area contributed by atoms with Crippen molar-refractivity contribution in [1.82, 2.24) is 9.55 Å². The minimum absolute atomic E-state index is 0.0347. The van der Waals surface area contributed by atoms with E-state index in [1.807, 2.05) is 13.8 Å². The molecule has 0 atom stereocenters. The molecule has 0 saturated heterocycles. The smallest absolute Gasteiger partial charge is 0.294 e. The van der Waals surface area contributed by atoms with Gasteiger partial charge in [-0.15, -0.1) is 0 Å². The number of nitrogens with zero attached hydrogens (tertiary/aromatic N) is 3. The summed E-state index contributed by atoms with van der Waals surface area (Å²) in [5, 5.41) is 14.5. The number of rotatable bonds is 6. The third-order valence-electron chi connectivity index (χ3n) is 3.77. The van der Waals surface area contributed by atoms with E-state index in [-0.39, 0.29) is 17.4 Å². The van der Waals surface area contributed by atoms with Crippen molar-refractivity contribution in [2.75, 3.05) is 5.32 Å². The number of aromatic nitrogens is 2. The number of carbonyl (C=O) groups is 1. The topological polar surface area (TPSA) is 99.3 Å². The minimum Gasteiger partial charge on any atom is -0.489 e. The quantitative estimate of drug-likeness (QED) is 0.486. The zero-order chi connectivity index (χ0) is 20.3. The molecule has 3 aromatic rings. The zero-order valence-electron chi connectivity index (χ0n) is 15.1. The van der Waals surface area contributed by atoms with Crippen molar-refractivity contribution in [3.8, 4) is 11.4 Å². The maximum absolute atomic E-state index is 12.5. The van der Waals surface area contributed by atoms with Gasteiger partial charge in [-0.1, -0.05) is 11.6 Å². The van der Waals surface area contributed by atoms with Crippen LogP contribution in [0.1, 0.15) is 24.2 Å². The Bertz CT molecular complexity index is 1020. The summed E-state index contributed by atoms with van der Waals surface area (Å²) >= 11 is 6.17. The number of nitrogens with one attached hydrogen (secondary N) is 1. The lowest BCUT2D eigenvalue weighted by Crippen LogP contribution is -2.13. The highest BCUT2D eigenvalue weighted by Gasteiger charge is 2.19. The molecule has 0 radical (unpaired) electrons. The maximum Gasteiger partial charge on any atom is 0.294 e. The summed E-state index contributed by atoms with van der Waals surface area (Å²) in [6.45, 7) is 3.76. The van der Waals surface area contributed by atoms with Crippen LogP contribution in [0.5, 0.6) is 5.75 Å². The van der Waals surface area contributed by atoms with Crippen LogP contribution in [0.3, 0.4) is 0 Å². The van der Waals surface area contributed by atoms with E-state index in [4.69, 9.17) is 16.3 Å². The van der Waals surface area contributed by atoms with Gasteiger partial charge in [0.05, 0.1) is 22.4 Å². The highest BCUT2D eigenvalue weighted by Crippen LogP contribution is 2.29. The van der Waals surface area contributed by atoms with Gasteiger partial charge >= 0.3 is 0 Å². The number of amides is 1. The van der Waals surface area contributed by atoms with Gasteiger partial charge < -0.3 is 14.6 Å². The Balaban J connectivity index is 1.84. The molecule has 0 aliphatic heterocycles. The van der Waals surface area contributed by atoms with Gasteiger partial charge in [0.15, 0.2) is 0 Å². The molecular weight excluding hydrogens is 384 g/mol. The first kappa shape index (κ1) is 19.4. The molecule has 0 fully saturated rings. The molecule has 2 aromatic carbocycles. The number of benzene rings is 2. The molecule has 0 saturated carbocycles. The van der Waals surface area contributed by atoms with Gasteiger partial charge in [-0.05, 0) is 44.2 Å². The highest BCUT2D eigenvalue weighted by molar-refractivity contribution is 6.32. The van der Waals surface area contributed by atoms with Crippen LogP contribution in [-0.2, 0) is 0 Å². The van der Waals surface area contributed by atoms with Crippen molar-refractivity contribution in [2.24, 2.45) is 0 Å². The summed E-state index contributed by atoms with van der Waals surface area (Å²) < 4.78 is 7.06. The summed E-state index contributed by atoms with van der Waals surface area (Å²) in [5.41, 5.74) is 0.711. The lowest BCUT2D eigenvalue weighted by molar-refractivity contribution is -0.384. The number of nitro benzene ring substituents is 1. The van der Waals surface area contributed by atoms with Crippen LogP contribution in [0.15, 0.2) is 55.1 Å². The summed E-state index contributed by atoms with van der Waals surface area (Å²) in [4.78, 5) is 27.3. The van der Waals surface area contributed by atoms with Crippen molar-refractivity contribution in [3.63, 3.8) is 0 Å². The maximum atomic E-state index is 12.5. The van der Waals surface area contributed by atoms with Gasteiger partial charge in [0.2, 0.25) is 0 Å². The Hall–Kier alpha value is -3.39. The number of halogens is 1. The number of nitro groups is 1. The van der Waals surface area contributed by atoms with Crippen LogP contribution in [0.25, 0.3) is 5.69 Å². The van der Waals surface area contributed by atoms with Crippen molar-refractivity contribution >= 4 is 28.9 Å². The lowest BCUT2D eigenvalue weighted by atomic mass is 10.1. The Morgan fingerprint density at radius 2 is 2.07 bits per heavy atom. The third kappa shape index (κ3) is 4.29. The fourth-order valence-electron chi connectivity index (χ4n) is 2.56.